The highest BCUT2D eigenvalue weighted by Gasteiger charge is 2.13. The lowest BCUT2D eigenvalue weighted by atomic mass is 10.1. The van der Waals surface area contributed by atoms with Crippen LogP contribution in [0, 0.1) is 13.8 Å². The monoisotopic (exact) mass is 299 g/mol. The Balaban J connectivity index is 2.19. The van der Waals surface area contributed by atoms with E-state index < -0.39 is 0 Å². The summed E-state index contributed by atoms with van der Waals surface area (Å²) in [5, 5.41) is 12.6. The topological polar surface area (TPSA) is 69.6 Å². The van der Waals surface area contributed by atoms with Crippen molar-refractivity contribution in [1.29, 1.82) is 0 Å². The molecule has 106 valence electrons. The summed E-state index contributed by atoms with van der Waals surface area (Å²) in [4.78, 5) is 0. The number of hydrogen-bond acceptors (Lipinski definition) is 4. The van der Waals surface area contributed by atoms with Crippen molar-refractivity contribution in [2.75, 3.05) is 5.73 Å². The Bertz CT molecular complexity index is 789. The first-order valence-electron chi connectivity index (χ1n) is 6.47. The lowest BCUT2D eigenvalue weighted by Gasteiger charge is -2.09. The number of nitrogens with two attached hydrogens (primary N) is 1. The van der Waals surface area contributed by atoms with Crippen LogP contribution >= 0.6 is 11.6 Å². The Labute approximate surface area is 127 Å². The molecule has 21 heavy (non-hydrogen) atoms. The second-order valence-corrected chi connectivity index (χ2v) is 5.41. The minimum absolute atomic E-state index is 0.635. The number of aryl methyl sites for hydroxylation is 2. The van der Waals surface area contributed by atoms with Gasteiger partial charge in [0.25, 0.3) is 0 Å². The lowest BCUT2D eigenvalue weighted by Crippen LogP contribution is -2.02. The van der Waals surface area contributed by atoms with Gasteiger partial charge in [-0.2, -0.15) is 4.68 Å². The molecule has 6 heteroatoms. The molecule has 5 nitrogen and oxygen atoms in total. The molecule has 2 N–H and O–H groups in total. The van der Waals surface area contributed by atoms with E-state index in [2.05, 4.69) is 15.5 Å². The van der Waals surface area contributed by atoms with Crippen LogP contribution in [0.15, 0.2) is 36.4 Å². The van der Waals surface area contributed by atoms with Gasteiger partial charge in [-0.25, -0.2) is 0 Å². The van der Waals surface area contributed by atoms with Crippen LogP contribution in [-0.2, 0) is 0 Å². The van der Waals surface area contributed by atoms with Gasteiger partial charge < -0.3 is 5.73 Å². The summed E-state index contributed by atoms with van der Waals surface area (Å²) >= 11 is 6.08. The molecule has 0 fully saturated rings. The van der Waals surface area contributed by atoms with E-state index in [0.717, 1.165) is 22.4 Å². The maximum Gasteiger partial charge on any atom is 0.187 e. The number of nitrogen functional groups attached to an aromatic ring is 1. The van der Waals surface area contributed by atoms with Crippen molar-refractivity contribution in [1.82, 2.24) is 20.2 Å². The zero-order valence-electron chi connectivity index (χ0n) is 11.7. The van der Waals surface area contributed by atoms with Crippen molar-refractivity contribution in [3.05, 3.63) is 52.5 Å². The number of anilines is 1. The third-order valence-corrected chi connectivity index (χ3v) is 3.46. The van der Waals surface area contributed by atoms with Gasteiger partial charge in [0.2, 0.25) is 0 Å². The van der Waals surface area contributed by atoms with E-state index >= 15 is 0 Å². The van der Waals surface area contributed by atoms with Crippen LogP contribution in [0.25, 0.3) is 17.1 Å². The predicted molar refractivity (Wildman–Crippen MR) is 83.5 cm³/mol. The molecule has 0 atom stereocenters. The van der Waals surface area contributed by atoms with Crippen molar-refractivity contribution in [3.8, 4) is 17.1 Å². The second-order valence-electron chi connectivity index (χ2n) is 4.98. The number of hydrogen-bond donors (Lipinski definition) is 1. The summed E-state index contributed by atoms with van der Waals surface area (Å²) in [6, 6.07) is 11.4. The maximum absolute atomic E-state index is 6.08. The number of tetrazole rings is 1. The summed E-state index contributed by atoms with van der Waals surface area (Å²) < 4.78 is 1.68. The highest BCUT2D eigenvalue weighted by molar-refractivity contribution is 6.30. The molecule has 1 heterocycles. The van der Waals surface area contributed by atoms with Gasteiger partial charge in [-0.3, -0.25) is 0 Å². The van der Waals surface area contributed by atoms with E-state index in [1.54, 1.807) is 4.68 Å². The molecule has 0 saturated carbocycles. The SMILES string of the molecule is Cc1cc(N)cc(-c2nnnn2-c2cc(Cl)ccc2C)c1. The fourth-order valence-corrected chi connectivity index (χ4v) is 2.45. The molecule has 0 radical (unpaired) electrons. The molecule has 3 rings (SSSR count). The highest BCUT2D eigenvalue weighted by atomic mass is 35.5. The Morgan fingerprint density at radius 3 is 2.67 bits per heavy atom. The molecular formula is C15H14ClN5. The normalized spacial score (nSPS) is 10.8. The smallest absolute Gasteiger partial charge is 0.187 e. The Morgan fingerprint density at radius 2 is 1.90 bits per heavy atom. The van der Waals surface area contributed by atoms with Gasteiger partial charge in [-0.15, -0.1) is 5.10 Å². The molecule has 0 saturated heterocycles. The van der Waals surface area contributed by atoms with E-state index in [1.807, 2.05) is 50.2 Å². The van der Waals surface area contributed by atoms with Gasteiger partial charge in [-0.1, -0.05) is 17.7 Å². The van der Waals surface area contributed by atoms with E-state index in [1.165, 1.54) is 0 Å². The third-order valence-electron chi connectivity index (χ3n) is 3.23. The minimum atomic E-state index is 0.635. The number of nitrogens with zero attached hydrogens (tertiary/aromatic N) is 4. The Morgan fingerprint density at radius 1 is 1.10 bits per heavy atom. The van der Waals surface area contributed by atoms with Crippen LogP contribution in [0.5, 0.6) is 0 Å². The van der Waals surface area contributed by atoms with Gasteiger partial charge in [0.15, 0.2) is 5.82 Å². The van der Waals surface area contributed by atoms with E-state index in [-0.39, 0.29) is 0 Å². The van der Waals surface area contributed by atoms with Gasteiger partial charge in [0.1, 0.15) is 0 Å². The quantitative estimate of drug-likeness (QED) is 0.738. The average Bonchev–Trinajstić information content (AvgIpc) is 2.89. The number of aromatic nitrogens is 4. The number of halogens is 1. The van der Waals surface area contributed by atoms with Crippen LogP contribution in [0.3, 0.4) is 0 Å². The van der Waals surface area contributed by atoms with E-state index in [4.69, 9.17) is 17.3 Å². The molecular weight excluding hydrogens is 286 g/mol. The van der Waals surface area contributed by atoms with Crippen LogP contribution in [0.1, 0.15) is 11.1 Å². The van der Waals surface area contributed by atoms with Crippen LogP contribution in [-0.4, -0.2) is 20.2 Å². The maximum atomic E-state index is 6.08. The van der Waals surface area contributed by atoms with E-state index in [0.29, 0.717) is 16.5 Å². The first-order chi connectivity index (χ1) is 10.0. The molecule has 0 aliphatic rings. The molecule has 0 bridgehead atoms. The summed E-state index contributed by atoms with van der Waals surface area (Å²) in [5.41, 5.74) is 10.4. The van der Waals surface area contributed by atoms with Crippen LogP contribution in [0.4, 0.5) is 5.69 Å². The largest absolute Gasteiger partial charge is 0.399 e. The van der Waals surface area contributed by atoms with Crippen molar-refractivity contribution in [2.24, 2.45) is 0 Å². The van der Waals surface area contributed by atoms with Crippen molar-refractivity contribution in [3.63, 3.8) is 0 Å². The van der Waals surface area contributed by atoms with Crippen molar-refractivity contribution < 1.29 is 0 Å². The molecule has 1 aromatic heterocycles. The van der Waals surface area contributed by atoms with Gasteiger partial charge in [-0.05, 0) is 65.7 Å². The highest BCUT2D eigenvalue weighted by Crippen LogP contribution is 2.26. The first-order valence-corrected chi connectivity index (χ1v) is 6.85. The molecule has 0 aliphatic carbocycles. The zero-order chi connectivity index (χ0) is 15.0. The molecule has 0 unspecified atom stereocenters. The van der Waals surface area contributed by atoms with Crippen LogP contribution in [0.2, 0.25) is 5.02 Å². The fourth-order valence-electron chi connectivity index (χ4n) is 2.28. The Hall–Kier alpha value is -2.40. The van der Waals surface area contributed by atoms with E-state index in [9.17, 15) is 0 Å². The molecule has 2 aromatic carbocycles. The summed E-state index contributed by atoms with van der Waals surface area (Å²) in [5.74, 6) is 0.635. The molecule has 0 aliphatic heterocycles. The third kappa shape index (κ3) is 2.60. The molecule has 3 aromatic rings. The lowest BCUT2D eigenvalue weighted by molar-refractivity contribution is 0.787. The summed E-state index contributed by atoms with van der Waals surface area (Å²) in [6.07, 6.45) is 0. The van der Waals surface area contributed by atoms with Crippen molar-refractivity contribution >= 4 is 17.3 Å². The molecule has 0 spiro atoms. The first kappa shape index (κ1) is 13.6. The van der Waals surface area contributed by atoms with Gasteiger partial charge in [0, 0.05) is 16.3 Å². The number of rotatable bonds is 2. The zero-order valence-corrected chi connectivity index (χ0v) is 12.5. The summed E-state index contributed by atoms with van der Waals surface area (Å²) in [7, 11) is 0. The van der Waals surface area contributed by atoms with Gasteiger partial charge >= 0.3 is 0 Å². The standard InChI is InChI=1S/C15H14ClN5/c1-9-5-11(7-13(17)6-9)15-18-19-20-21(15)14-8-12(16)4-3-10(14)2/h3-8H,17H2,1-2H3. The average molecular weight is 300 g/mol. The Kier molecular flexibility index (Phi) is 3.35. The fraction of sp³-hybridized carbons (Fsp3) is 0.133. The molecule has 0 amide bonds. The van der Waals surface area contributed by atoms with Gasteiger partial charge in [0.05, 0.1) is 5.69 Å². The predicted octanol–water partition coefficient (Wildman–Crippen LogP) is 3.18. The van der Waals surface area contributed by atoms with Crippen molar-refractivity contribution in [2.45, 2.75) is 13.8 Å². The second kappa shape index (κ2) is 5.18. The summed E-state index contributed by atoms with van der Waals surface area (Å²) in [6.45, 7) is 3.97. The number of benzene rings is 2. The van der Waals surface area contributed by atoms with Crippen LogP contribution < -0.4 is 5.73 Å². The minimum Gasteiger partial charge on any atom is -0.399 e.